The van der Waals surface area contributed by atoms with Gasteiger partial charge in [-0.3, -0.25) is 4.79 Å². The van der Waals surface area contributed by atoms with Gasteiger partial charge < -0.3 is 9.90 Å². The number of carbonyl (C=O) groups excluding carboxylic acids is 2. The van der Waals surface area contributed by atoms with E-state index in [0.717, 1.165) is 18.8 Å². The van der Waals surface area contributed by atoms with Crippen LogP contribution in [0, 0.1) is 46.3 Å². The third kappa shape index (κ3) is 3.46. The summed E-state index contributed by atoms with van der Waals surface area (Å²) in [5, 5.41) is 10.9. The van der Waals surface area contributed by atoms with Gasteiger partial charge in [0.25, 0.3) is 0 Å². The number of carbonyl (C=O) groups is 2. The predicted molar refractivity (Wildman–Crippen MR) is 104 cm³/mol. The zero-order valence-electron chi connectivity index (χ0n) is 18.5. The van der Waals surface area contributed by atoms with E-state index in [0.29, 0.717) is 47.2 Å². The van der Waals surface area contributed by atoms with E-state index in [-0.39, 0.29) is 41.4 Å². The molecule has 3 nitrogen and oxygen atoms in total. The average molecular weight is 397 g/mol. The quantitative estimate of drug-likeness (QED) is 0.675. The summed E-state index contributed by atoms with van der Waals surface area (Å²) in [5.41, 5.74) is 0.168. The smallest absolute Gasteiger partial charge is 0.550 e. The van der Waals surface area contributed by atoms with Crippen LogP contribution < -0.4 is 34.7 Å². The number of aliphatic carboxylic acids is 1. The van der Waals surface area contributed by atoms with Crippen molar-refractivity contribution in [3.8, 4) is 0 Å². The largest absolute Gasteiger partial charge is 1.00 e. The molecule has 152 valence electrons. The summed E-state index contributed by atoms with van der Waals surface area (Å²) in [6, 6.07) is 0. The van der Waals surface area contributed by atoms with Gasteiger partial charge in [0.05, 0.1) is 0 Å². The van der Waals surface area contributed by atoms with E-state index in [2.05, 4.69) is 20.8 Å². The summed E-state index contributed by atoms with van der Waals surface area (Å²) in [4.78, 5) is 24.5. The van der Waals surface area contributed by atoms with Crippen molar-refractivity contribution in [2.75, 3.05) is 0 Å². The molecule has 0 bridgehead atoms. The molecule has 1 unspecified atom stereocenters. The van der Waals surface area contributed by atoms with Gasteiger partial charge in [-0.2, -0.15) is 0 Å². The monoisotopic (exact) mass is 396 g/mol. The van der Waals surface area contributed by atoms with Gasteiger partial charge in [0.2, 0.25) is 0 Å². The Kier molecular flexibility index (Phi) is 6.80. The fourth-order valence-electron chi connectivity index (χ4n) is 8.49. The maximum atomic E-state index is 13.6. The number of hydrogen-bond donors (Lipinski definition) is 0. The molecule has 0 N–H and O–H groups in total. The SMILES string of the molecule is C[C@H](CCC(=O)[O-])[C@H]1CC[C@H]2[C@@H]3CCC4CCCC[C@]4(C)[C@H]3CC(=O)[C@]12C.[Na+]. The van der Waals surface area contributed by atoms with Gasteiger partial charge in [0, 0.05) is 17.8 Å². The Morgan fingerprint density at radius 2 is 1.86 bits per heavy atom. The van der Waals surface area contributed by atoms with Gasteiger partial charge >= 0.3 is 29.6 Å². The summed E-state index contributed by atoms with van der Waals surface area (Å²) in [5.74, 6) is 2.86. The Balaban J connectivity index is 0.00000225. The molecule has 8 atom stereocenters. The molecule has 0 aromatic heterocycles. The Morgan fingerprint density at radius 1 is 1.11 bits per heavy atom. The van der Waals surface area contributed by atoms with E-state index in [1.807, 2.05) is 0 Å². The molecule has 4 heteroatoms. The van der Waals surface area contributed by atoms with E-state index in [1.54, 1.807) is 0 Å². The van der Waals surface area contributed by atoms with Crippen LogP contribution in [0.2, 0.25) is 0 Å². The maximum Gasteiger partial charge on any atom is 1.00 e. The van der Waals surface area contributed by atoms with Crippen LogP contribution in [0.15, 0.2) is 0 Å². The Morgan fingerprint density at radius 3 is 2.57 bits per heavy atom. The fraction of sp³-hybridized carbons (Fsp3) is 0.917. The van der Waals surface area contributed by atoms with E-state index < -0.39 is 5.97 Å². The molecule has 0 radical (unpaired) electrons. The van der Waals surface area contributed by atoms with Crippen molar-refractivity contribution in [3.05, 3.63) is 0 Å². The number of fused-ring (bicyclic) bond motifs is 5. The number of hydrogen-bond acceptors (Lipinski definition) is 3. The Labute approximate surface area is 193 Å². The van der Waals surface area contributed by atoms with Gasteiger partial charge in [-0.05, 0) is 92.3 Å². The Hall–Kier alpha value is 0.140. The topological polar surface area (TPSA) is 57.2 Å². The van der Waals surface area contributed by atoms with Gasteiger partial charge in [-0.15, -0.1) is 0 Å². The molecule has 0 spiro atoms. The molecule has 0 heterocycles. The van der Waals surface area contributed by atoms with Crippen LogP contribution in [-0.4, -0.2) is 11.8 Å². The molecule has 0 saturated heterocycles. The second kappa shape index (κ2) is 8.35. The zero-order chi connectivity index (χ0) is 19.4. The molecular formula is C24H37NaO3. The van der Waals surface area contributed by atoms with Crippen LogP contribution in [0.1, 0.15) is 91.4 Å². The van der Waals surface area contributed by atoms with Crippen LogP contribution in [0.5, 0.6) is 0 Å². The van der Waals surface area contributed by atoms with Crippen LogP contribution in [-0.2, 0) is 9.59 Å². The van der Waals surface area contributed by atoms with Gasteiger partial charge in [0.15, 0.2) is 0 Å². The summed E-state index contributed by atoms with van der Waals surface area (Å²) in [7, 11) is 0. The van der Waals surface area contributed by atoms with E-state index in [1.165, 1.54) is 44.9 Å². The van der Waals surface area contributed by atoms with Crippen LogP contribution >= 0.6 is 0 Å². The first-order chi connectivity index (χ1) is 12.8. The van der Waals surface area contributed by atoms with E-state index in [9.17, 15) is 14.7 Å². The van der Waals surface area contributed by atoms with Gasteiger partial charge in [0.1, 0.15) is 5.78 Å². The van der Waals surface area contributed by atoms with Crippen molar-refractivity contribution in [2.24, 2.45) is 46.3 Å². The summed E-state index contributed by atoms with van der Waals surface area (Å²) in [6.45, 7) is 6.93. The third-order valence-electron chi connectivity index (χ3n) is 10.0. The normalized spacial score (nSPS) is 46.0. The molecule has 4 aliphatic rings. The van der Waals surface area contributed by atoms with Crippen LogP contribution in [0.4, 0.5) is 0 Å². The van der Waals surface area contributed by atoms with Crippen molar-refractivity contribution in [3.63, 3.8) is 0 Å². The molecule has 4 rings (SSSR count). The first-order valence-corrected chi connectivity index (χ1v) is 11.5. The van der Waals surface area contributed by atoms with Crippen LogP contribution in [0.25, 0.3) is 0 Å². The molecular weight excluding hydrogens is 359 g/mol. The number of ketones is 1. The minimum Gasteiger partial charge on any atom is -0.550 e. The van der Waals surface area contributed by atoms with Crippen molar-refractivity contribution in [2.45, 2.75) is 91.4 Å². The predicted octanol–water partition coefficient (Wildman–Crippen LogP) is 1.38. The number of Topliss-reactive ketones (excluding diaryl/α,β-unsaturated/α-hetero) is 1. The zero-order valence-corrected chi connectivity index (χ0v) is 20.5. The summed E-state index contributed by atoms with van der Waals surface area (Å²) < 4.78 is 0. The fourth-order valence-corrected chi connectivity index (χ4v) is 8.49. The maximum absolute atomic E-state index is 13.6. The van der Waals surface area contributed by atoms with Gasteiger partial charge in [-0.25, -0.2) is 0 Å². The molecule has 0 aliphatic heterocycles. The van der Waals surface area contributed by atoms with Crippen molar-refractivity contribution in [1.29, 1.82) is 0 Å². The molecule has 0 aromatic rings. The first-order valence-electron chi connectivity index (χ1n) is 11.5. The second-order valence-electron chi connectivity index (χ2n) is 10.9. The molecule has 4 saturated carbocycles. The molecule has 4 fully saturated rings. The molecule has 0 aromatic carbocycles. The number of carboxylic acid groups (broad SMARTS) is 1. The Bertz CT molecular complexity index is 619. The number of rotatable bonds is 4. The van der Waals surface area contributed by atoms with E-state index in [4.69, 9.17) is 0 Å². The average Bonchev–Trinajstić information content (AvgIpc) is 2.99. The minimum absolute atomic E-state index is 0. The molecule has 28 heavy (non-hydrogen) atoms. The van der Waals surface area contributed by atoms with E-state index >= 15 is 0 Å². The first kappa shape index (κ1) is 22.8. The molecule has 0 amide bonds. The summed E-state index contributed by atoms with van der Waals surface area (Å²) in [6.07, 6.45) is 11.9. The van der Waals surface area contributed by atoms with Crippen molar-refractivity contribution >= 4 is 11.8 Å². The van der Waals surface area contributed by atoms with Crippen LogP contribution in [0.3, 0.4) is 0 Å². The van der Waals surface area contributed by atoms with Crippen molar-refractivity contribution < 1.29 is 44.3 Å². The van der Waals surface area contributed by atoms with Crippen molar-refractivity contribution in [1.82, 2.24) is 0 Å². The standard InChI is InChI=1S/C24H38O3.Na/c1-15(7-12-22(26)27)18-10-11-19-17-9-8-16-6-4-5-13-23(16,2)20(17)14-21(25)24(18,19)3;/h15-20H,4-14H2,1-3H3,(H,26,27);/q;+1/p-1/t15-,16?,17+,18-,19+,20+,23+,24-;/m1./s1. The van der Waals surface area contributed by atoms with Gasteiger partial charge in [-0.1, -0.05) is 33.6 Å². The molecule has 4 aliphatic carbocycles. The number of carboxylic acids is 1. The minimum atomic E-state index is -0.958. The second-order valence-corrected chi connectivity index (χ2v) is 10.9. The third-order valence-corrected chi connectivity index (χ3v) is 10.0. The summed E-state index contributed by atoms with van der Waals surface area (Å²) >= 11 is 0.